The smallest absolute Gasteiger partial charge is 0.0370 e. The highest BCUT2D eigenvalue weighted by Gasteiger charge is 2.18. The lowest BCUT2D eigenvalue weighted by molar-refractivity contribution is 0.313. The summed E-state index contributed by atoms with van der Waals surface area (Å²) in [4.78, 5) is 4.91. The van der Waals surface area contributed by atoms with Crippen LogP contribution in [0.2, 0.25) is 0 Å². The highest BCUT2D eigenvalue weighted by Crippen LogP contribution is 2.26. The zero-order chi connectivity index (χ0) is 12.4. The molecule has 1 atom stereocenters. The zero-order valence-electron chi connectivity index (χ0n) is 11.2. The van der Waals surface area contributed by atoms with Gasteiger partial charge in [-0.25, -0.2) is 0 Å². The Morgan fingerprint density at radius 1 is 1.17 bits per heavy atom. The van der Waals surface area contributed by atoms with Gasteiger partial charge in [0.25, 0.3) is 0 Å². The molecule has 0 aliphatic carbocycles. The summed E-state index contributed by atoms with van der Waals surface area (Å²) in [6, 6.07) is 9.70. The molecule has 1 aromatic rings. The summed E-state index contributed by atoms with van der Waals surface area (Å²) >= 11 is 0. The molecule has 1 aromatic carbocycles. The number of rotatable bonds is 2. The average molecular weight is 245 g/mol. The van der Waals surface area contributed by atoms with Gasteiger partial charge in [0.05, 0.1) is 0 Å². The maximum absolute atomic E-state index is 3.58. The van der Waals surface area contributed by atoms with Crippen molar-refractivity contribution in [3.63, 3.8) is 0 Å². The highest BCUT2D eigenvalue weighted by molar-refractivity contribution is 5.49. The van der Waals surface area contributed by atoms with Crippen LogP contribution >= 0.6 is 0 Å². The van der Waals surface area contributed by atoms with Crippen LogP contribution in [-0.4, -0.2) is 44.7 Å². The number of piperazine rings is 1. The molecule has 0 saturated carbocycles. The van der Waals surface area contributed by atoms with E-state index in [4.69, 9.17) is 0 Å². The minimum absolute atomic E-state index is 0.581. The highest BCUT2D eigenvalue weighted by atomic mass is 15.2. The summed E-state index contributed by atoms with van der Waals surface area (Å²) < 4.78 is 0. The summed E-state index contributed by atoms with van der Waals surface area (Å²) in [7, 11) is 2.20. The molecule has 0 bridgehead atoms. The normalized spacial score (nSPS) is 25.6. The van der Waals surface area contributed by atoms with E-state index in [-0.39, 0.29) is 0 Å². The van der Waals surface area contributed by atoms with Gasteiger partial charge < -0.3 is 15.1 Å². The van der Waals surface area contributed by atoms with E-state index in [1.165, 1.54) is 43.7 Å². The number of hydrogen-bond donors (Lipinski definition) is 1. The molecule has 0 spiro atoms. The molecular formula is C15H23N3. The number of likely N-dealkylation sites (N-methyl/N-ethyl adjacent to an activating group) is 1. The van der Waals surface area contributed by atoms with Crippen LogP contribution in [0, 0.1) is 0 Å². The Kier molecular flexibility index (Phi) is 3.52. The van der Waals surface area contributed by atoms with Crippen LogP contribution in [0.3, 0.4) is 0 Å². The quantitative estimate of drug-likeness (QED) is 0.858. The van der Waals surface area contributed by atoms with Crippen molar-refractivity contribution in [2.75, 3.05) is 44.7 Å². The first kappa shape index (κ1) is 12.0. The van der Waals surface area contributed by atoms with Crippen LogP contribution in [0.5, 0.6) is 0 Å². The average Bonchev–Trinajstić information content (AvgIpc) is 2.94. The molecule has 2 aliphatic rings. The third kappa shape index (κ3) is 2.52. The van der Waals surface area contributed by atoms with Gasteiger partial charge in [0, 0.05) is 37.9 Å². The van der Waals surface area contributed by atoms with Gasteiger partial charge in [-0.05, 0) is 44.1 Å². The molecular weight excluding hydrogens is 222 g/mol. The molecule has 3 rings (SSSR count). The minimum Gasteiger partial charge on any atom is -0.369 e. The van der Waals surface area contributed by atoms with Crippen molar-refractivity contribution in [1.82, 2.24) is 10.2 Å². The molecule has 0 radical (unpaired) electrons. The summed E-state index contributed by atoms with van der Waals surface area (Å²) in [5, 5.41) is 3.58. The number of benzene rings is 1. The lowest BCUT2D eigenvalue weighted by Gasteiger charge is -2.34. The van der Waals surface area contributed by atoms with E-state index >= 15 is 0 Å². The third-order valence-corrected chi connectivity index (χ3v) is 4.20. The predicted octanol–water partition coefficient (Wildman–Crippen LogP) is 1.86. The van der Waals surface area contributed by atoms with Crippen molar-refractivity contribution in [1.29, 1.82) is 0 Å². The van der Waals surface area contributed by atoms with Crippen LogP contribution < -0.4 is 10.2 Å². The van der Waals surface area contributed by atoms with Gasteiger partial charge >= 0.3 is 0 Å². The van der Waals surface area contributed by atoms with Crippen molar-refractivity contribution in [2.24, 2.45) is 0 Å². The van der Waals surface area contributed by atoms with Crippen molar-refractivity contribution in [3.05, 3.63) is 29.8 Å². The summed E-state index contributed by atoms with van der Waals surface area (Å²) in [5.74, 6) is 0. The number of nitrogens with one attached hydrogen (secondary N) is 1. The molecule has 2 fully saturated rings. The van der Waals surface area contributed by atoms with Gasteiger partial charge in [0.2, 0.25) is 0 Å². The van der Waals surface area contributed by atoms with Gasteiger partial charge in [0.15, 0.2) is 0 Å². The van der Waals surface area contributed by atoms with E-state index in [0.29, 0.717) is 6.04 Å². The lowest BCUT2D eigenvalue weighted by atomic mass is 10.0. The molecule has 18 heavy (non-hydrogen) atoms. The van der Waals surface area contributed by atoms with E-state index in [2.05, 4.69) is 46.4 Å². The van der Waals surface area contributed by atoms with Crippen LogP contribution in [0.4, 0.5) is 5.69 Å². The van der Waals surface area contributed by atoms with Gasteiger partial charge in [-0.1, -0.05) is 12.1 Å². The van der Waals surface area contributed by atoms with Gasteiger partial charge in [-0.2, -0.15) is 0 Å². The Morgan fingerprint density at radius 2 is 2.00 bits per heavy atom. The van der Waals surface area contributed by atoms with E-state index < -0.39 is 0 Å². The van der Waals surface area contributed by atoms with E-state index in [1.54, 1.807) is 0 Å². The molecule has 1 N–H and O–H groups in total. The van der Waals surface area contributed by atoms with Crippen LogP contribution in [0.15, 0.2) is 24.3 Å². The predicted molar refractivity (Wildman–Crippen MR) is 76.1 cm³/mol. The molecule has 2 aliphatic heterocycles. The Morgan fingerprint density at radius 3 is 2.72 bits per heavy atom. The van der Waals surface area contributed by atoms with Gasteiger partial charge in [0.1, 0.15) is 0 Å². The largest absolute Gasteiger partial charge is 0.369 e. The minimum atomic E-state index is 0.581. The van der Waals surface area contributed by atoms with E-state index in [9.17, 15) is 0 Å². The maximum Gasteiger partial charge on any atom is 0.0370 e. The Labute approximate surface area is 110 Å². The van der Waals surface area contributed by atoms with Crippen LogP contribution in [0.25, 0.3) is 0 Å². The van der Waals surface area contributed by atoms with Crippen molar-refractivity contribution >= 4 is 5.69 Å². The molecule has 0 aromatic heterocycles. The molecule has 3 nitrogen and oxygen atoms in total. The van der Waals surface area contributed by atoms with Gasteiger partial charge in [-0.3, -0.25) is 0 Å². The van der Waals surface area contributed by atoms with E-state index in [1.807, 2.05) is 0 Å². The first-order chi connectivity index (χ1) is 8.83. The molecule has 1 unspecified atom stereocenters. The molecule has 98 valence electrons. The topological polar surface area (TPSA) is 18.5 Å². The first-order valence-corrected chi connectivity index (χ1v) is 7.10. The Hall–Kier alpha value is -1.06. The number of anilines is 1. The molecule has 2 heterocycles. The van der Waals surface area contributed by atoms with E-state index in [0.717, 1.165) is 13.1 Å². The van der Waals surface area contributed by atoms with Crippen LogP contribution in [-0.2, 0) is 0 Å². The van der Waals surface area contributed by atoms with Crippen molar-refractivity contribution in [3.8, 4) is 0 Å². The first-order valence-electron chi connectivity index (χ1n) is 7.10. The second kappa shape index (κ2) is 5.29. The SMILES string of the molecule is CN1CCN(c2cccc(C3CCCN3)c2)CC1. The summed E-state index contributed by atoms with van der Waals surface area (Å²) in [6.07, 6.45) is 2.59. The van der Waals surface area contributed by atoms with Gasteiger partial charge in [-0.15, -0.1) is 0 Å². The van der Waals surface area contributed by atoms with Crippen molar-refractivity contribution in [2.45, 2.75) is 18.9 Å². The fourth-order valence-electron chi connectivity index (χ4n) is 2.97. The zero-order valence-corrected chi connectivity index (χ0v) is 11.2. The number of nitrogens with zero attached hydrogens (tertiary/aromatic N) is 2. The maximum atomic E-state index is 3.58. The lowest BCUT2D eigenvalue weighted by Crippen LogP contribution is -2.44. The Bertz CT molecular complexity index is 390. The fraction of sp³-hybridized carbons (Fsp3) is 0.600. The molecule has 2 saturated heterocycles. The molecule has 0 amide bonds. The standard InChI is InChI=1S/C15H23N3/c1-17-8-10-18(11-9-17)14-5-2-4-13(12-14)15-6-3-7-16-15/h2,4-5,12,15-16H,3,6-11H2,1H3. The second-order valence-electron chi connectivity index (χ2n) is 5.53. The summed E-state index contributed by atoms with van der Waals surface area (Å²) in [5.41, 5.74) is 2.86. The van der Waals surface area contributed by atoms with Crippen molar-refractivity contribution < 1.29 is 0 Å². The second-order valence-corrected chi connectivity index (χ2v) is 5.53. The molecule has 3 heteroatoms. The fourth-order valence-corrected chi connectivity index (χ4v) is 2.97. The Balaban J connectivity index is 1.74. The monoisotopic (exact) mass is 245 g/mol. The summed E-state index contributed by atoms with van der Waals surface area (Å²) in [6.45, 7) is 5.82. The number of hydrogen-bond acceptors (Lipinski definition) is 3. The van der Waals surface area contributed by atoms with Crippen LogP contribution in [0.1, 0.15) is 24.4 Å². The third-order valence-electron chi connectivity index (χ3n) is 4.20.